The number of carbonyl (C=O) groups excluding carboxylic acids is 2. The average Bonchev–Trinajstić information content (AvgIpc) is 3.11. The topological polar surface area (TPSA) is 99.1 Å². The number of aromatic nitrogens is 1. The lowest BCUT2D eigenvalue weighted by Gasteiger charge is -2.09. The van der Waals surface area contributed by atoms with Gasteiger partial charge in [0.15, 0.2) is 0 Å². The Hall–Kier alpha value is -2.46. The van der Waals surface area contributed by atoms with E-state index in [0.717, 1.165) is 10.0 Å². The standard InChI is InChI=1S/C19H22BrN3O5S/c1-3-26-17(24)7-8-28-16-6-5-14(20)9-13(16)11-21-23-19-22-15(12-29-19)10-18(25)27-4-2/h5-6,9,11-12H,3-4,7-8,10H2,1-2H3,(H,22,23). The summed E-state index contributed by atoms with van der Waals surface area (Å²) >= 11 is 4.76. The summed E-state index contributed by atoms with van der Waals surface area (Å²) in [5.74, 6) is -0.0272. The molecule has 0 saturated heterocycles. The monoisotopic (exact) mass is 483 g/mol. The van der Waals surface area contributed by atoms with E-state index >= 15 is 0 Å². The van der Waals surface area contributed by atoms with Crippen LogP contribution < -0.4 is 10.2 Å². The normalized spacial score (nSPS) is 10.7. The summed E-state index contributed by atoms with van der Waals surface area (Å²) in [6.07, 6.45) is 1.89. The highest BCUT2D eigenvalue weighted by molar-refractivity contribution is 9.10. The van der Waals surface area contributed by atoms with E-state index in [1.165, 1.54) is 11.3 Å². The molecule has 29 heavy (non-hydrogen) atoms. The van der Waals surface area contributed by atoms with Gasteiger partial charge in [0.05, 0.1) is 44.6 Å². The number of nitrogens with zero attached hydrogens (tertiary/aromatic N) is 2. The maximum atomic E-state index is 11.5. The Morgan fingerprint density at radius 3 is 2.76 bits per heavy atom. The van der Waals surface area contributed by atoms with Crippen LogP contribution in [0, 0.1) is 0 Å². The zero-order valence-corrected chi connectivity index (χ0v) is 18.5. The summed E-state index contributed by atoms with van der Waals surface area (Å²) in [4.78, 5) is 27.2. The Balaban J connectivity index is 1.94. The Kier molecular flexibility index (Phi) is 9.58. The van der Waals surface area contributed by atoms with Gasteiger partial charge in [-0.25, -0.2) is 4.98 Å². The van der Waals surface area contributed by atoms with Crippen molar-refractivity contribution < 1.29 is 23.8 Å². The SMILES string of the molecule is CCOC(=O)CCOc1ccc(Br)cc1C=NNc1nc(CC(=O)OCC)cs1. The van der Waals surface area contributed by atoms with Crippen molar-refractivity contribution in [3.63, 3.8) is 0 Å². The third-order valence-electron chi connectivity index (χ3n) is 3.39. The van der Waals surface area contributed by atoms with E-state index in [1.54, 1.807) is 31.5 Å². The fourth-order valence-electron chi connectivity index (χ4n) is 2.19. The van der Waals surface area contributed by atoms with Crippen LogP contribution in [0.3, 0.4) is 0 Å². The molecular weight excluding hydrogens is 462 g/mol. The molecule has 0 atom stereocenters. The molecule has 0 amide bonds. The molecular formula is C19H22BrN3O5S. The summed E-state index contributed by atoms with van der Waals surface area (Å²) in [5, 5.41) is 6.51. The first kappa shape index (κ1) is 22.8. The first-order valence-electron chi connectivity index (χ1n) is 8.98. The second-order valence-corrected chi connectivity index (χ2v) is 7.36. The van der Waals surface area contributed by atoms with Gasteiger partial charge in [-0.05, 0) is 32.0 Å². The van der Waals surface area contributed by atoms with Gasteiger partial charge in [0.25, 0.3) is 0 Å². The number of hydrazone groups is 1. The van der Waals surface area contributed by atoms with Gasteiger partial charge in [-0.3, -0.25) is 15.0 Å². The van der Waals surface area contributed by atoms with Gasteiger partial charge < -0.3 is 14.2 Å². The number of hydrogen-bond acceptors (Lipinski definition) is 9. The molecule has 1 aromatic heterocycles. The molecule has 2 rings (SSSR count). The molecule has 0 bridgehead atoms. The number of esters is 2. The number of hydrogen-bond donors (Lipinski definition) is 1. The van der Waals surface area contributed by atoms with E-state index < -0.39 is 0 Å². The van der Waals surface area contributed by atoms with Crippen LogP contribution in [0.1, 0.15) is 31.5 Å². The molecule has 0 saturated carbocycles. The molecule has 0 unspecified atom stereocenters. The Labute approximate surface area is 181 Å². The Bertz CT molecular complexity index is 856. The first-order valence-corrected chi connectivity index (χ1v) is 10.7. The summed E-state index contributed by atoms with van der Waals surface area (Å²) in [6, 6.07) is 5.48. The minimum Gasteiger partial charge on any atom is -0.492 e. The maximum absolute atomic E-state index is 11.5. The van der Waals surface area contributed by atoms with Crippen molar-refractivity contribution in [1.82, 2.24) is 4.98 Å². The lowest BCUT2D eigenvalue weighted by molar-refractivity contribution is -0.144. The Morgan fingerprint density at radius 2 is 2.00 bits per heavy atom. The minimum absolute atomic E-state index is 0.125. The summed E-state index contributed by atoms with van der Waals surface area (Å²) < 4.78 is 16.3. The number of anilines is 1. The van der Waals surface area contributed by atoms with Crippen LogP contribution in [0.15, 0.2) is 33.2 Å². The van der Waals surface area contributed by atoms with Crippen molar-refractivity contribution in [2.75, 3.05) is 25.2 Å². The number of thiazole rings is 1. The van der Waals surface area contributed by atoms with Crippen molar-refractivity contribution in [2.24, 2.45) is 5.10 Å². The summed E-state index contributed by atoms with van der Waals surface area (Å²) in [6.45, 7) is 4.42. The van der Waals surface area contributed by atoms with E-state index in [0.29, 0.717) is 29.8 Å². The van der Waals surface area contributed by atoms with Crippen LogP contribution in [0.25, 0.3) is 0 Å². The largest absolute Gasteiger partial charge is 0.492 e. The van der Waals surface area contributed by atoms with Crippen molar-refractivity contribution in [1.29, 1.82) is 0 Å². The minimum atomic E-state index is -0.313. The predicted molar refractivity (Wildman–Crippen MR) is 115 cm³/mol. The number of rotatable bonds is 11. The molecule has 0 spiro atoms. The zero-order valence-electron chi connectivity index (χ0n) is 16.1. The van der Waals surface area contributed by atoms with Gasteiger partial charge >= 0.3 is 11.9 Å². The van der Waals surface area contributed by atoms with Crippen LogP contribution in [-0.2, 0) is 25.5 Å². The molecule has 156 valence electrons. The molecule has 0 aliphatic carbocycles. The van der Waals surface area contributed by atoms with E-state index in [2.05, 4.69) is 31.4 Å². The van der Waals surface area contributed by atoms with Crippen LogP contribution in [-0.4, -0.2) is 43.0 Å². The number of benzene rings is 1. The van der Waals surface area contributed by atoms with E-state index in [1.807, 2.05) is 12.1 Å². The van der Waals surface area contributed by atoms with E-state index in [4.69, 9.17) is 14.2 Å². The number of ether oxygens (including phenoxy) is 3. The quantitative estimate of drug-likeness (QED) is 0.294. The number of carbonyl (C=O) groups is 2. The smallest absolute Gasteiger partial charge is 0.311 e. The summed E-state index contributed by atoms with van der Waals surface area (Å²) in [7, 11) is 0. The third-order valence-corrected chi connectivity index (χ3v) is 4.68. The van der Waals surface area contributed by atoms with Crippen LogP contribution >= 0.6 is 27.3 Å². The number of nitrogens with one attached hydrogen (secondary N) is 1. The predicted octanol–water partition coefficient (Wildman–Crippen LogP) is 3.79. The van der Waals surface area contributed by atoms with E-state index in [9.17, 15) is 9.59 Å². The number of halogens is 1. The zero-order chi connectivity index (χ0) is 21.1. The van der Waals surface area contributed by atoms with Crippen LogP contribution in [0.5, 0.6) is 5.75 Å². The molecule has 0 aliphatic rings. The van der Waals surface area contributed by atoms with Crippen molar-refractivity contribution >= 4 is 50.6 Å². The molecule has 0 fully saturated rings. The highest BCUT2D eigenvalue weighted by Gasteiger charge is 2.09. The van der Waals surface area contributed by atoms with Gasteiger partial charge in [0.2, 0.25) is 5.13 Å². The second kappa shape index (κ2) is 12.2. The fraction of sp³-hybridized carbons (Fsp3) is 0.368. The highest BCUT2D eigenvalue weighted by Crippen LogP contribution is 2.22. The van der Waals surface area contributed by atoms with Gasteiger partial charge in [0, 0.05) is 15.4 Å². The molecule has 10 heteroatoms. The van der Waals surface area contributed by atoms with Gasteiger partial charge in [-0.2, -0.15) is 5.10 Å². The van der Waals surface area contributed by atoms with E-state index in [-0.39, 0.29) is 31.4 Å². The summed E-state index contributed by atoms with van der Waals surface area (Å²) in [5.41, 5.74) is 4.18. The van der Waals surface area contributed by atoms with Crippen molar-refractivity contribution in [3.8, 4) is 5.75 Å². The van der Waals surface area contributed by atoms with Crippen molar-refractivity contribution in [3.05, 3.63) is 39.3 Å². The molecule has 8 nitrogen and oxygen atoms in total. The Morgan fingerprint density at radius 1 is 1.24 bits per heavy atom. The van der Waals surface area contributed by atoms with Gasteiger partial charge in [0.1, 0.15) is 5.75 Å². The molecule has 1 heterocycles. The van der Waals surface area contributed by atoms with Crippen LogP contribution in [0.2, 0.25) is 0 Å². The first-order chi connectivity index (χ1) is 14.0. The average molecular weight is 484 g/mol. The molecule has 1 N–H and O–H groups in total. The molecule has 0 aliphatic heterocycles. The van der Waals surface area contributed by atoms with Gasteiger partial charge in [-0.1, -0.05) is 15.9 Å². The van der Waals surface area contributed by atoms with Crippen molar-refractivity contribution in [2.45, 2.75) is 26.7 Å². The van der Waals surface area contributed by atoms with Gasteiger partial charge in [-0.15, -0.1) is 11.3 Å². The molecule has 0 radical (unpaired) electrons. The fourth-order valence-corrected chi connectivity index (χ4v) is 3.22. The second-order valence-electron chi connectivity index (χ2n) is 5.58. The molecule has 2 aromatic rings. The highest BCUT2D eigenvalue weighted by atomic mass is 79.9. The third kappa shape index (κ3) is 8.20. The lowest BCUT2D eigenvalue weighted by Crippen LogP contribution is -2.10. The maximum Gasteiger partial charge on any atom is 0.311 e. The van der Waals surface area contributed by atoms with Crippen LogP contribution in [0.4, 0.5) is 5.13 Å². The lowest BCUT2D eigenvalue weighted by atomic mass is 10.2. The molecule has 1 aromatic carbocycles.